The predicted molar refractivity (Wildman–Crippen MR) is 96.6 cm³/mol. The third-order valence-electron chi connectivity index (χ3n) is 4.35. The van der Waals surface area contributed by atoms with E-state index in [0.717, 1.165) is 30.0 Å². The highest BCUT2D eigenvalue weighted by Crippen LogP contribution is 2.23. The van der Waals surface area contributed by atoms with Crippen LogP contribution in [0.25, 0.3) is 11.4 Å². The lowest BCUT2D eigenvalue weighted by Gasteiger charge is -2.16. The average molecular weight is 349 g/mol. The first-order valence-electron chi connectivity index (χ1n) is 8.67. The molecule has 2 aromatic heterocycles. The van der Waals surface area contributed by atoms with E-state index < -0.39 is 0 Å². The minimum atomic E-state index is -0.388. The maximum absolute atomic E-state index is 12.2. The van der Waals surface area contributed by atoms with E-state index in [1.807, 2.05) is 42.5 Å². The van der Waals surface area contributed by atoms with Crippen LogP contribution < -0.4 is 10.2 Å². The molecule has 1 N–H and O–H groups in total. The minimum absolute atomic E-state index is 0.0459. The molecule has 4 rings (SSSR count). The van der Waals surface area contributed by atoms with Crippen LogP contribution in [0, 0.1) is 0 Å². The molecule has 3 aromatic rings. The van der Waals surface area contributed by atoms with Gasteiger partial charge < -0.3 is 14.7 Å². The maximum Gasteiger partial charge on any atom is 0.316 e. The number of rotatable bonds is 5. The third-order valence-corrected chi connectivity index (χ3v) is 4.35. The lowest BCUT2D eigenvalue weighted by atomic mass is 10.2. The molecule has 0 radical (unpaired) electrons. The van der Waals surface area contributed by atoms with Crippen molar-refractivity contribution in [3.05, 3.63) is 60.1 Å². The number of aromatic nitrogens is 3. The molecule has 3 heterocycles. The van der Waals surface area contributed by atoms with Crippen molar-refractivity contribution in [2.24, 2.45) is 0 Å². The number of anilines is 1. The molecule has 0 aliphatic carbocycles. The Kier molecular flexibility index (Phi) is 4.59. The molecule has 0 bridgehead atoms. The zero-order chi connectivity index (χ0) is 17.8. The van der Waals surface area contributed by atoms with Crippen molar-refractivity contribution in [3.63, 3.8) is 0 Å². The zero-order valence-corrected chi connectivity index (χ0v) is 14.3. The Morgan fingerprint density at radius 2 is 1.96 bits per heavy atom. The average Bonchev–Trinajstić information content (AvgIpc) is 3.39. The highest BCUT2D eigenvalue weighted by molar-refractivity contribution is 5.89. The fourth-order valence-corrected chi connectivity index (χ4v) is 2.96. The van der Waals surface area contributed by atoms with Crippen LogP contribution >= 0.6 is 0 Å². The quantitative estimate of drug-likeness (QED) is 0.762. The van der Waals surface area contributed by atoms with Gasteiger partial charge in [0.05, 0.1) is 0 Å². The largest absolute Gasteiger partial charge is 0.357 e. The van der Waals surface area contributed by atoms with Gasteiger partial charge in [-0.15, -0.1) is 0 Å². The van der Waals surface area contributed by atoms with Crippen LogP contribution in [0.1, 0.15) is 29.1 Å². The van der Waals surface area contributed by atoms with Gasteiger partial charge in [-0.2, -0.15) is 4.98 Å². The van der Waals surface area contributed by atoms with E-state index in [2.05, 4.69) is 25.3 Å². The molecule has 0 unspecified atom stereocenters. The standard InChI is InChI=1S/C19H19N5O2/c25-18(21-13-14-6-2-1-3-7-14)19-22-17(23-26-19)15-8-9-20-16(12-15)24-10-4-5-11-24/h1-3,6-9,12H,4-5,10-11,13H2,(H,21,25). The Hall–Kier alpha value is -3.22. The van der Waals surface area contributed by atoms with Crippen LogP contribution in [0.4, 0.5) is 5.82 Å². The monoisotopic (exact) mass is 349 g/mol. The molecule has 1 fully saturated rings. The van der Waals surface area contributed by atoms with E-state index in [0.29, 0.717) is 12.4 Å². The van der Waals surface area contributed by atoms with Crippen molar-refractivity contribution >= 4 is 11.7 Å². The summed E-state index contributed by atoms with van der Waals surface area (Å²) in [6.07, 6.45) is 4.09. The van der Waals surface area contributed by atoms with E-state index in [9.17, 15) is 4.79 Å². The SMILES string of the molecule is O=C(NCc1ccccc1)c1nc(-c2ccnc(N3CCCC3)c2)no1. The summed E-state index contributed by atoms with van der Waals surface area (Å²) in [4.78, 5) is 23.1. The molecule has 1 aliphatic rings. The molecule has 0 saturated carbocycles. The minimum Gasteiger partial charge on any atom is -0.357 e. The molecular formula is C19H19N5O2. The van der Waals surface area contributed by atoms with Gasteiger partial charge in [0.2, 0.25) is 5.82 Å². The maximum atomic E-state index is 12.2. The van der Waals surface area contributed by atoms with E-state index in [-0.39, 0.29) is 11.8 Å². The summed E-state index contributed by atoms with van der Waals surface area (Å²) in [5.74, 6) is 0.856. The zero-order valence-electron chi connectivity index (χ0n) is 14.3. The molecular weight excluding hydrogens is 330 g/mol. The highest BCUT2D eigenvalue weighted by atomic mass is 16.5. The number of hydrogen-bond acceptors (Lipinski definition) is 6. The molecule has 1 saturated heterocycles. The number of nitrogens with zero attached hydrogens (tertiary/aromatic N) is 4. The Balaban J connectivity index is 1.45. The van der Waals surface area contributed by atoms with E-state index >= 15 is 0 Å². The van der Waals surface area contributed by atoms with Crippen molar-refractivity contribution in [3.8, 4) is 11.4 Å². The van der Waals surface area contributed by atoms with Gasteiger partial charge in [-0.05, 0) is 30.5 Å². The summed E-state index contributed by atoms with van der Waals surface area (Å²) >= 11 is 0. The first kappa shape index (κ1) is 16.3. The van der Waals surface area contributed by atoms with E-state index in [1.165, 1.54) is 12.8 Å². The third kappa shape index (κ3) is 3.56. The lowest BCUT2D eigenvalue weighted by Crippen LogP contribution is -2.23. The second-order valence-electron chi connectivity index (χ2n) is 6.19. The molecule has 0 atom stereocenters. The van der Waals surface area contributed by atoms with Crippen LogP contribution in [0.2, 0.25) is 0 Å². The second kappa shape index (κ2) is 7.35. The van der Waals surface area contributed by atoms with Crippen LogP contribution in [0.3, 0.4) is 0 Å². The normalized spacial score (nSPS) is 13.8. The van der Waals surface area contributed by atoms with Crippen molar-refractivity contribution in [1.29, 1.82) is 0 Å². The number of hydrogen-bond donors (Lipinski definition) is 1. The molecule has 132 valence electrons. The second-order valence-corrected chi connectivity index (χ2v) is 6.19. The summed E-state index contributed by atoms with van der Waals surface area (Å²) in [5, 5.41) is 6.72. The summed E-state index contributed by atoms with van der Waals surface area (Å²) in [5.41, 5.74) is 1.79. The lowest BCUT2D eigenvalue weighted by molar-refractivity contribution is 0.0907. The van der Waals surface area contributed by atoms with Gasteiger partial charge in [0.15, 0.2) is 0 Å². The van der Waals surface area contributed by atoms with Crippen LogP contribution in [0.15, 0.2) is 53.2 Å². The van der Waals surface area contributed by atoms with Gasteiger partial charge in [-0.1, -0.05) is 35.5 Å². The number of amides is 1. The number of nitrogens with one attached hydrogen (secondary N) is 1. The molecule has 1 aromatic carbocycles. The summed E-state index contributed by atoms with van der Waals surface area (Å²) < 4.78 is 5.13. The molecule has 26 heavy (non-hydrogen) atoms. The van der Waals surface area contributed by atoms with Crippen molar-refractivity contribution < 1.29 is 9.32 Å². The smallest absolute Gasteiger partial charge is 0.316 e. The van der Waals surface area contributed by atoms with Gasteiger partial charge in [-0.25, -0.2) is 4.98 Å². The Bertz CT molecular complexity index is 888. The van der Waals surface area contributed by atoms with Crippen molar-refractivity contribution in [1.82, 2.24) is 20.4 Å². The first-order valence-corrected chi connectivity index (χ1v) is 8.67. The van der Waals surface area contributed by atoms with Crippen molar-refractivity contribution in [2.75, 3.05) is 18.0 Å². The number of benzene rings is 1. The number of carbonyl (C=O) groups excluding carboxylic acids is 1. The number of pyridine rings is 1. The van der Waals surface area contributed by atoms with E-state index in [1.54, 1.807) is 6.20 Å². The van der Waals surface area contributed by atoms with Crippen LogP contribution in [0.5, 0.6) is 0 Å². The van der Waals surface area contributed by atoms with Gasteiger partial charge in [-0.3, -0.25) is 4.79 Å². The first-order chi connectivity index (χ1) is 12.8. The summed E-state index contributed by atoms with van der Waals surface area (Å²) in [6, 6.07) is 13.4. The van der Waals surface area contributed by atoms with Crippen LogP contribution in [-0.2, 0) is 6.54 Å². The molecule has 7 nitrogen and oxygen atoms in total. The molecule has 1 amide bonds. The topological polar surface area (TPSA) is 84.2 Å². The predicted octanol–water partition coefficient (Wildman–Crippen LogP) is 2.66. The molecule has 0 spiro atoms. The summed E-state index contributed by atoms with van der Waals surface area (Å²) in [7, 11) is 0. The van der Waals surface area contributed by atoms with E-state index in [4.69, 9.17) is 4.52 Å². The number of carbonyl (C=O) groups is 1. The Morgan fingerprint density at radius 3 is 2.77 bits per heavy atom. The van der Waals surface area contributed by atoms with Crippen molar-refractivity contribution in [2.45, 2.75) is 19.4 Å². The molecule has 1 aliphatic heterocycles. The van der Waals surface area contributed by atoms with Gasteiger partial charge in [0.25, 0.3) is 0 Å². The highest BCUT2D eigenvalue weighted by Gasteiger charge is 2.18. The van der Waals surface area contributed by atoms with Gasteiger partial charge in [0.1, 0.15) is 5.82 Å². The fourth-order valence-electron chi connectivity index (χ4n) is 2.96. The Labute approximate surface area is 151 Å². The van der Waals surface area contributed by atoms with Gasteiger partial charge >= 0.3 is 11.8 Å². The van der Waals surface area contributed by atoms with Gasteiger partial charge in [0, 0.05) is 31.4 Å². The van der Waals surface area contributed by atoms with Crippen LogP contribution in [-0.4, -0.2) is 34.1 Å². The fraction of sp³-hybridized carbons (Fsp3) is 0.263. The summed E-state index contributed by atoms with van der Waals surface area (Å²) in [6.45, 7) is 2.43. The molecule has 7 heteroatoms. The Morgan fingerprint density at radius 1 is 1.15 bits per heavy atom.